The number of para-hydroxylation sites is 1. The second-order valence-corrected chi connectivity index (χ2v) is 18.7. The predicted molar refractivity (Wildman–Crippen MR) is 258 cm³/mol. The lowest BCUT2D eigenvalue weighted by Gasteiger charge is -2.33. The first-order valence-corrected chi connectivity index (χ1v) is 23.4. The van der Waals surface area contributed by atoms with E-state index < -0.39 is 0 Å². The zero-order chi connectivity index (χ0) is 41.0. The van der Waals surface area contributed by atoms with Gasteiger partial charge in [0.05, 0.1) is 5.70 Å². The van der Waals surface area contributed by atoms with Gasteiger partial charge in [0.15, 0.2) is 6.17 Å². The first kappa shape index (κ1) is 37.4. The van der Waals surface area contributed by atoms with E-state index in [-0.39, 0.29) is 12.1 Å². The van der Waals surface area contributed by atoms with E-state index in [0.29, 0.717) is 12.0 Å². The van der Waals surface area contributed by atoms with E-state index in [2.05, 4.69) is 179 Å². The van der Waals surface area contributed by atoms with Crippen LogP contribution >= 0.6 is 11.3 Å². The molecule has 1 fully saturated rings. The Kier molecular flexibility index (Phi) is 9.55. The SMILES string of the molecule is C1=NC(C2=Cc3c(sc4c3C3C5=CCCC=C5N(c5ccccc5)C3CC4)CC2)=C(C2=NC(c3ccccc3)N=C(c3ccccc3)N2)CC1C1=CC(c2ccccc2)=CCC1. The minimum atomic E-state index is -0.365. The number of anilines is 1. The highest BCUT2D eigenvalue weighted by Crippen LogP contribution is 2.56. The van der Waals surface area contributed by atoms with Crippen molar-refractivity contribution in [1.29, 1.82) is 0 Å². The summed E-state index contributed by atoms with van der Waals surface area (Å²) in [6, 6.07) is 43.4. The van der Waals surface area contributed by atoms with E-state index >= 15 is 0 Å². The summed E-state index contributed by atoms with van der Waals surface area (Å²) in [5.41, 5.74) is 17.1. The van der Waals surface area contributed by atoms with E-state index in [1.54, 1.807) is 15.3 Å². The zero-order valence-electron chi connectivity index (χ0n) is 34.9. The average Bonchev–Trinajstić information content (AvgIpc) is 3.90. The highest BCUT2D eigenvalue weighted by molar-refractivity contribution is 7.12. The van der Waals surface area contributed by atoms with Crippen molar-refractivity contribution in [3.63, 3.8) is 0 Å². The molecule has 7 aliphatic rings. The van der Waals surface area contributed by atoms with Crippen molar-refractivity contribution in [3.8, 4) is 0 Å². The average molecular weight is 824 g/mol. The van der Waals surface area contributed by atoms with E-state index in [1.807, 2.05) is 0 Å². The van der Waals surface area contributed by atoms with Gasteiger partial charge in [-0.2, -0.15) is 0 Å². The Balaban J connectivity index is 0.978. The fraction of sp³-hybridized carbons (Fsp3) is 0.232. The summed E-state index contributed by atoms with van der Waals surface area (Å²) in [5, 5.41) is 3.81. The summed E-state index contributed by atoms with van der Waals surface area (Å²) in [7, 11) is 0. The highest BCUT2D eigenvalue weighted by atomic mass is 32.1. The van der Waals surface area contributed by atoms with Crippen LogP contribution < -0.4 is 10.2 Å². The van der Waals surface area contributed by atoms with Gasteiger partial charge in [-0.3, -0.25) is 4.99 Å². The fourth-order valence-electron chi connectivity index (χ4n) is 11.0. The van der Waals surface area contributed by atoms with Crippen molar-refractivity contribution in [2.24, 2.45) is 20.9 Å². The molecule has 0 amide bonds. The summed E-state index contributed by atoms with van der Waals surface area (Å²) in [4.78, 5) is 22.1. The van der Waals surface area contributed by atoms with Crippen LogP contribution in [0.4, 0.5) is 5.69 Å². The Bertz CT molecular complexity index is 2850. The Morgan fingerprint density at radius 2 is 1.37 bits per heavy atom. The lowest BCUT2D eigenvalue weighted by atomic mass is 9.76. The van der Waals surface area contributed by atoms with Gasteiger partial charge in [0.1, 0.15) is 11.7 Å². The Hall–Kier alpha value is -6.37. The van der Waals surface area contributed by atoms with Crippen LogP contribution in [-0.4, -0.2) is 23.9 Å². The highest BCUT2D eigenvalue weighted by Gasteiger charge is 2.47. The number of aryl methyl sites for hydroxylation is 2. The maximum Gasteiger partial charge on any atom is 0.169 e. The molecule has 4 atom stereocenters. The van der Waals surface area contributed by atoms with Crippen LogP contribution in [0.5, 0.6) is 0 Å². The largest absolute Gasteiger partial charge is 0.337 e. The van der Waals surface area contributed by atoms with E-state index in [1.165, 1.54) is 56.8 Å². The molecule has 4 heterocycles. The Morgan fingerprint density at radius 1 is 0.645 bits per heavy atom. The lowest BCUT2D eigenvalue weighted by molar-refractivity contribution is 0.546. The minimum absolute atomic E-state index is 0.167. The van der Waals surface area contributed by atoms with Crippen LogP contribution in [0, 0.1) is 5.92 Å². The van der Waals surface area contributed by atoms with Crippen LogP contribution in [0.3, 0.4) is 0 Å². The van der Waals surface area contributed by atoms with Crippen LogP contribution in [0.15, 0.2) is 194 Å². The molecule has 0 saturated carbocycles. The number of hydrogen-bond acceptors (Lipinski definition) is 6. The van der Waals surface area contributed by atoms with Gasteiger partial charge in [-0.1, -0.05) is 139 Å². The van der Waals surface area contributed by atoms with Crippen LogP contribution in [-0.2, 0) is 12.8 Å². The second-order valence-electron chi connectivity index (χ2n) is 17.5. The molecule has 0 bridgehead atoms. The predicted octanol–water partition coefficient (Wildman–Crippen LogP) is 12.9. The summed E-state index contributed by atoms with van der Waals surface area (Å²) in [5.74, 6) is 2.27. The van der Waals surface area contributed by atoms with Crippen molar-refractivity contribution in [2.75, 3.05) is 4.90 Å². The van der Waals surface area contributed by atoms with Gasteiger partial charge in [0.2, 0.25) is 0 Å². The first-order chi connectivity index (χ1) is 30.7. The lowest BCUT2D eigenvalue weighted by Crippen LogP contribution is -2.38. The molecule has 5 aromatic rings. The van der Waals surface area contributed by atoms with E-state index in [9.17, 15) is 0 Å². The number of rotatable bonds is 7. The molecule has 1 N–H and O–H groups in total. The molecule has 0 spiro atoms. The van der Waals surface area contributed by atoms with E-state index in [0.717, 1.165) is 79.9 Å². The Labute approximate surface area is 368 Å². The van der Waals surface area contributed by atoms with Crippen molar-refractivity contribution in [3.05, 3.63) is 217 Å². The molecule has 6 heteroatoms. The van der Waals surface area contributed by atoms with Gasteiger partial charge in [0, 0.05) is 56.4 Å². The summed E-state index contributed by atoms with van der Waals surface area (Å²) in [6.45, 7) is 0. The number of aliphatic imine (C=N–C) groups is 3. The number of amidine groups is 2. The molecule has 12 rings (SSSR count). The number of nitrogens with one attached hydrogen (secondary N) is 1. The summed E-state index contributed by atoms with van der Waals surface area (Å²) < 4.78 is 0. The fourth-order valence-corrected chi connectivity index (χ4v) is 12.3. The molecule has 0 radical (unpaired) electrons. The smallest absolute Gasteiger partial charge is 0.169 e. The van der Waals surface area contributed by atoms with Crippen molar-refractivity contribution in [1.82, 2.24) is 5.32 Å². The maximum atomic E-state index is 5.55. The maximum absolute atomic E-state index is 5.55. The number of benzene rings is 4. The number of fused-ring (bicyclic) bond motifs is 7. The third-order valence-electron chi connectivity index (χ3n) is 13.9. The van der Waals surface area contributed by atoms with Gasteiger partial charge < -0.3 is 10.2 Å². The van der Waals surface area contributed by atoms with Crippen LogP contribution in [0.25, 0.3) is 11.6 Å². The quantitative estimate of drug-likeness (QED) is 0.178. The molecule has 5 nitrogen and oxygen atoms in total. The number of nitrogens with zero attached hydrogens (tertiary/aromatic N) is 4. The van der Waals surface area contributed by atoms with E-state index in [4.69, 9.17) is 15.0 Å². The van der Waals surface area contributed by atoms with Crippen molar-refractivity contribution >= 4 is 46.6 Å². The first-order valence-electron chi connectivity index (χ1n) is 22.6. The third-order valence-corrected chi connectivity index (χ3v) is 15.2. The van der Waals surface area contributed by atoms with Gasteiger partial charge in [-0.15, -0.1) is 11.3 Å². The monoisotopic (exact) mass is 823 g/mol. The molecule has 304 valence electrons. The molecular formula is C56H49N5S. The molecule has 1 saturated heterocycles. The molecule has 4 unspecified atom stereocenters. The van der Waals surface area contributed by atoms with Gasteiger partial charge in [0.25, 0.3) is 0 Å². The Morgan fingerprint density at radius 3 is 2.18 bits per heavy atom. The molecule has 4 aliphatic carbocycles. The minimum Gasteiger partial charge on any atom is -0.337 e. The van der Waals surface area contributed by atoms with Crippen LogP contribution in [0.1, 0.15) is 94.6 Å². The number of hydrogen-bond donors (Lipinski definition) is 1. The number of thiophene rings is 1. The summed E-state index contributed by atoms with van der Waals surface area (Å²) >= 11 is 2.09. The molecular weight excluding hydrogens is 775 g/mol. The molecule has 62 heavy (non-hydrogen) atoms. The third kappa shape index (κ3) is 6.63. The zero-order valence-corrected chi connectivity index (χ0v) is 35.7. The van der Waals surface area contributed by atoms with Gasteiger partial charge in [-0.25, -0.2) is 9.98 Å². The van der Waals surface area contributed by atoms with Gasteiger partial charge in [-0.05, 0) is 115 Å². The molecule has 1 aromatic heterocycles. The second kappa shape index (κ2) is 15.8. The van der Waals surface area contributed by atoms with Gasteiger partial charge >= 0.3 is 0 Å². The summed E-state index contributed by atoms with van der Waals surface area (Å²) in [6.07, 6.45) is 23.8. The normalized spacial score (nSPS) is 23.9. The van der Waals surface area contributed by atoms with Crippen LogP contribution in [0.2, 0.25) is 0 Å². The van der Waals surface area contributed by atoms with Crippen molar-refractivity contribution < 1.29 is 0 Å². The number of allylic oxidation sites excluding steroid dienone is 8. The molecule has 4 aromatic carbocycles. The van der Waals surface area contributed by atoms with Crippen molar-refractivity contribution in [2.45, 2.75) is 75.9 Å². The standard InChI is InChI=1S/C56H49N5S/c1-5-16-36(17-6-1)39-22-15-23-40(32-39)42-34-46(56-59-54(37-18-7-2-8-19-37)58-55(60-56)38-20-9-3-10-21-38)53(57-35-42)41-28-30-49-45(33-41)52-50(62-49)31-29-48-51(52)44-26-13-14-27-47(44)61(48)43-24-11-4-12-25-43/h1-12,16-22,24-27,32-33,35,42,48,51,54H,13-15,23,28-31,34H2,(H,58,59,60). The topological polar surface area (TPSA) is 52.4 Å². The molecule has 3 aliphatic heterocycles.